The first kappa shape index (κ1) is 20.3. The van der Waals surface area contributed by atoms with Crippen LogP contribution in [0.1, 0.15) is 47.6 Å². The molecule has 1 atom stereocenters. The third kappa shape index (κ3) is 3.64. The lowest BCUT2D eigenvalue weighted by molar-refractivity contribution is 0.0717. The number of aryl methyl sites for hydroxylation is 1. The molecular weight excluding hydrogens is 400 g/mol. The molecule has 0 aliphatic carbocycles. The van der Waals surface area contributed by atoms with Crippen molar-refractivity contribution in [2.24, 2.45) is 0 Å². The van der Waals surface area contributed by atoms with Gasteiger partial charge < -0.3 is 14.1 Å². The summed E-state index contributed by atoms with van der Waals surface area (Å²) in [4.78, 5) is 19.9. The van der Waals surface area contributed by atoms with Crippen LogP contribution in [-0.4, -0.2) is 29.4 Å². The zero-order valence-corrected chi connectivity index (χ0v) is 18.4. The van der Waals surface area contributed by atoms with Crippen LogP contribution in [0.25, 0.3) is 22.2 Å². The summed E-state index contributed by atoms with van der Waals surface area (Å²) < 4.78 is 11.6. The molecule has 5 nitrogen and oxygen atoms in total. The number of carbonyl (C=O) groups is 1. The number of likely N-dealkylation sites (tertiary alicyclic amines) is 1. The van der Waals surface area contributed by atoms with Crippen molar-refractivity contribution in [2.45, 2.75) is 32.2 Å². The number of aromatic nitrogens is 1. The van der Waals surface area contributed by atoms with Gasteiger partial charge in [0.15, 0.2) is 5.58 Å². The lowest BCUT2D eigenvalue weighted by atomic mass is 10.0. The normalized spacial score (nSPS) is 15.9. The van der Waals surface area contributed by atoms with E-state index in [9.17, 15) is 4.79 Å². The summed E-state index contributed by atoms with van der Waals surface area (Å²) in [5.74, 6) is 1.46. The fourth-order valence-electron chi connectivity index (χ4n) is 4.45. The molecule has 1 unspecified atom stereocenters. The average molecular weight is 427 g/mol. The van der Waals surface area contributed by atoms with Gasteiger partial charge >= 0.3 is 0 Å². The van der Waals surface area contributed by atoms with Crippen LogP contribution >= 0.6 is 0 Å². The molecule has 5 heteroatoms. The predicted octanol–water partition coefficient (Wildman–Crippen LogP) is 6.04. The molecule has 0 saturated carbocycles. The number of rotatable bonds is 5. The fraction of sp³-hybridized carbons (Fsp3) is 0.259. The van der Waals surface area contributed by atoms with Gasteiger partial charge in [0.1, 0.15) is 17.3 Å². The molecule has 1 amide bonds. The first-order valence-electron chi connectivity index (χ1n) is 11.1. The van der Waals surface area contributed by atoms with Crippen LogP contribution in [-0.2, 0) is 6.42 Å². The van der Waals surface area contributed by atoms with Crippen molar-refractivity contribution in [1.82, 2.24) is 9.88 Å². The number of benzene rings is 3. The second-order valence-electron chi connectivity index (χ2n) is 8.14. The molecule has 162 valence electrons. The van der Waals surface area contributed by atoms with E-state index in [0.717, 1.165) is 47.2 Å². The van der Waals surface area contributed by atoms with E-state index in [1.54, 1.807) is 7.11 Å². The number of nitrogens with zero attached hydrogens (tertiary/aromatic N) is 2. The number of hydrogen-bond donors (Lipinski definition) is 0. The molecule has 1 saturated heterocycles. The maximum absolute atomic E-state index is 13.2. The molecule has 1 aromatic heterocycles. The maximum Gasteiger partial charge on any atom is 0.254 e. The highest BCUT2D eigenvalue weighted by Crippen LogP contribution is 2.36. The Morgan fingerprint density at radius 1 is 1.12 bits per heavy atom. The molecule has 0 N–H and O–H groups in total. The molecule has 5 rings (SSSR count). The Bertz CT molecular complexity index is 1260. The minimum absolute atomic E-state index is 0.0344. The largest absolute Gasteiger partial charge is 0.496 e. The third-order valence-corrected chi connectivity index (χ3v) is 6.23. The Morgan fingerprint density at radius 2 is 1.94 bits per heavy atom. The summed E-state index contributed by atoms with van der Waals surface area (Å²) in [6, 6.07) is 21.6. The number of fused-ring (bicyclic) bond motifs is 1. The van der Waals surface area contributed by atoms with Crippen molar-refractivity contribution in [2.75, 3.05) is 13.7 Å². The van der Waals surface area contributed by atoms with Crippen molar-refractivity contribution in [3.63, 3.8) is 0 Å². The molecule has 0 bridgehead atoms. The van der Waals surface area contributed by atoms with Crippen LogP contribution in [0.3, 0.4) is 0 Å². The van der Waals surface area contributed by atoms with Gasteiger partial charge in [-0.05, 0) is 60.7 Å². The van der Waals surface area contributed by atoms with Crippen LogP contribution in [0.2, 0.25) is 0 Å². The fourth-order valence-corrected chi connectivity index (χ4v) is 4.45. The van der Waals surface area contributed by atoms with E-state index < -0.39 is 0 Å². The smallest absolute Gasteiger partial charge is 0.254 e. The van der Waals surface area contributed by atoms with E-state index in [4.69, 9.17) is 14.1 Å². The van der Waals surface area contributed by atoms with Crippen LogP contribution in [0.15, 0.2) is 71.1 Å². The summed E-state index contributed by atoms with van der Waals surface area (Å²) in [5, 5.41) is 0. The first-order valence-corrected chi connectivity index (χ1v) is 11.1. The monoisotopic (exact) mass is 426 g/mol. The van der Waals surface area contributed by atoms with Crippen molar-refractivity contribution in [1.29, 1.82) is 0 Å². The minimum atomic E-state index is -0.143. The van der Waals surface area contributed by atoms with Gasteiger partial charge in [0.2, 0.25) is 5.89 Å². The van der Waals surface area contributed by atoms with Crippen molar-refractivity contribution in [3.8, 4) is 16.9 Å². The molecule has 1 aliphatic heterocycles. The minimum Gasteiger partial charge on any atom is -0.496 e. The molecule has 1 aliphatic rings. The highest BCUT2D eigenvalue weighted by molar-refractivity contribution is 5.94. The van der Waals surface area contributed by atoms with E-state index in [1.807, 2.05) is 71.6 Å². The zero-order chi connectivity index (χ0) is 22.1. The highest BCUT2D eigenvalue weighted by Gasteiger charge is 2.34. The number of methoxy groups -OCH3 is 1. The number of ether oxygens (including phenoxy) is 1. The van der Waals surface area contributed by atoms with Gasteiger partial charge in [0, 0.05) is 17.7 Å². The standard InChI is InChI=1S/C27H26N2O3/c1-3-18-10-12-19(13-11-18)27(30)29-16-6-8-23(29)26-28-22-17-20(14-15-25(22)32-26)21-7-4-5-9-24(21)31-2/h4-5,7,9-15,17,23H,3,6,8,16H2,1-2H3. The van der Waals surface area contributed by atoms with Crippen LogP contribution < -0.4 is 4.74 Å². The molecule has 4 aromatic rings. The Balaban J connectivity index is 1.45. The quantitative estimate of drug-likeness (QED) is 0.390. The topological polar surface area (TPSA) is 55.6 Å². The third-order valence-electron chi connectivity index (χ3n) is 6.23. The highest BCUT2D eigenvalue weighted by atomic mass is 16.5. The summed E-state index contributed by atoms with van der Waals surface area (Å²) in [6.45, 7) is 2.82. The summed E-state index contributed by atoms with van der Waals surface area (Å²) in [5.41, 5.74) is 5.48. The van der Waals surface area contributed by atoms with Crippen LogP contribution in [0.4, 0.5) is 0 Å². The number of carbonyl (C=O) groups excluding carboxylic acids is 1. The van der Waals surface area contributed by atoms with Gasteiger partial charge in [-0.3, -0.25) is 4.79 Å². The molecule has 0 radical (unpaired) electrons. The molecule has 3 aromatic carbocycles. The number of amides is 1. The first-order chi connectivity index (χ1) is 15.7. The number of hydrogen-bond acceptors (Lipinski definition) is 4. The zero-order valence-electron chi connectivity index (χ0n) is 18.4. The van der Waals surface area contributed by atoms with E-state index in [1.165, 1.54) is 5.56 Å². The van der Waals surface area contributed by atoms with Gasteiger partial charge in [-0.15, -0.1) is 0 Å². The van der Waals surface area contributed by atoms with Gasteiger partial charge in [-0.25, -0.2) is 4.98 Å². The van der Waals surface area contributed by atoms with Crippen molar-refractivity contribution in [3.05, 3.63) is 83.7 Å². The second kappa shape index (κ2) is 8.50. The van der Waals surface area contributed by atoms with E-state index in [-0.39, 0.29) is 11.9 Å². The van der Waals surface area contributed by atoms with E-state index in [2.05, 4.69) is 6.92 Å². The Morgan fingerprint density at radius 3 is 2.72 bits per heavy atom. The van der Waals surface area contributed by atoms with Crippen molar-refractivity contribution < 1.29 is 13.9 Å². The Labute approximate surface area is 187 Å². The van der Waals surface area contributed by atoms with Gasteiger partial charge in [-0.1, -0.05) is 43.3 Å². The lowest BCUT2D eigenvalue weighted by Crippen LogP contribution is -2.30. The Hall–Kier alpha value is -3.60. The summed E-state index contributed by atoms with van der Waals surface area (Å²) in [7, 11) is 1.67. The summed E-state index contributed by atoms with van der Waals surface area (Å²) in [6.07, 6.45) is 2.75. The average Bonchev–Trinajstić information content (AvgIpc) is 3.50. The van der Waals surface area contributed by atoms with Crippen molar-refractivity contribution >= 4 is 17.0 Å². The summed E-state index contributed by atoms with van der Waals surface area (Å²) >= 11 is 0. The van der Waals surface area contributed by atoms with Crippen LogP contribution in [0.5, 0.6) is 5.75 Å². The van der Waals surface area contributed by atoms with E-state index in [0.29, 0.717) is 18.0 Å². The molecular formula is C27H26N2O3. The molecule has 1 fully saturated rings. The predicted molar refractivity (Wildman–Crippen MR) is 125 cm³/mol. The lowest BCUT2D eigenvalue weighted by Gasteiger charge is -2.22. The van der Waals surface area contributed by atoms with Gasteiger partial charge in [0.25, 0.3) is 5.91 Å². The van der Waals surface area contributed by atoms with Crippen LogP contribution in [0, 0.1) is 0 Å². The van der Waals surface area contributed by atoms with Gasteiger partial charge in [0.05, 0.1) is 7.11 Å². The number of oxazole rings is 1. The second-order valence-corrected chi connectivity index (χ2v) is 8.14. The molecule has 0 spiro atoms. The molecule has 2 heterocycles. The number of para-hydroxylation sites is 1. The van der Waals surface area contributed by atoms with Gasteiger partial charge in [-0.2, -0.15) is 0 Å². The molecule has 32 heavy (non-hydrogen) atoms. The van der Waals surface area contributed by atoms with E-state index >= 15 is 0 Å². The SMILES string of the molecule is CCc1ccc(C(=O)N2CCCC2c2nc3cc(-c4ccccc4OC)ccc3o2)cc1. The maximum atomic E-state index is 13.2. The Kier molecular flexibility index (Phi) is 5.39.